The zero-order valence-corrected chi connectivity index (χ0v) is 14.1. The van der Waals surface area contributed by atoms with Crippen LogP contribution in [0.1, 0.15) is 11.1 Å². The first-order chi connectivity index (χ1) is 10.8. The third kappa shape index (κ3) is 4.67. The van der Waals surface area contributed by atoms with Gasteiger partial charge in [0.05, 0.1) is 11.9 Å². The van der Waals surface area contributed by atoms with Gasteiger partial charge in [-0.2, -0.15) is 0 Å². The van der Waals surface area contributed by atoms with Crippen LogP contribution in [0.5, 0.6) is 5.75 Å². The molecule has 122 valence electrons. The molecule has 0 spiro atoms. The number of ether oxygens (including phenoxy) is 1. The van der Waals surface area contributed by atoms with Crippen LogP contribution in [0.3, 0.4) is 0 Å². The monoisotopic (exact) mass is 354 g/mol. The molecule has 1 N–H and O–H groups in total. The molecule has 2 aromatic rings. The van der Waals surface area contributed by atoms with Gasteiger partial charge in [-0.3, -0.25) is 4.79 Å². The Morgan fingerprint density at radius 2 is 2.00 bits per heavy atom. The fraction of sp³-hybridized carbons (Fsp3) is 0.200. The molecule has 0 saturated heterocycles. The lowest BCUT2D eigenvalue weighted by Gasteiger charge is -2.11. The van der Waals surface area contributed by atoms with Gasteiger partial charge in [0.25, 0.3) is 15.0 Å². The van der Waals surface area contributed by atoms with Crippen molar-refractivity contribution in [3.05, 3.63) is 47.7 Å². The van der Waals surface area contributed by atoms with Crippen LogP contribution in [0.4, 0.5) is 5.69 Å². The van der Waals surface area contributed by atoms with Crippen molar-refractivity contribution < 1.29 is 17.9 Å². The van der Waals surface area contributed by atoms with Gasteiger partial charge in [-0.15, -0.1) is 0 Å². The van der Waals surface area contributed by atoms with E-state index in [1.54, 1.807) is 6.07 Å². The molecule has 1 heterocycles. The highest BCUT2D eigenvalue weighted by atomic mass is 35.7. The molecule has 0 atom stereocenters. The molecule has 0 saturated carbocycles. The first kappa shape index (κ1) is 17.2. The summed E-state index contributed by atoms with van der Waals surface area (Å²) >= 11 is 0. The molecule has 1 aromatic carbocycles. The van der Waals surface area contributed by atoms with E-state index in [1.165, 1.54) is 18.3 Å². The fourth-order valence-electron chi connectivity index (χ4n) is 1.82. The molecule has 0 fully saturated rings. The summed E-state index contributed by atoms with van der Waals surface area (Å²) in [7, 11) is 1.28. The van der Waals surface area contributed by atoms with E-state index >= 15 is 0 Å². The zero-order chi connectivity index (χ0) is 17.0. The Morgan fingerprint density at radius 1 is 1.26 bits per heavy atom. The maximum Gasteiger partial charge on any atom is 0.278 e. The normalized spacial score (nSPS) is 11.1. The Balaban J connectivity index is 1.96. The Morgan fingerprint density at radius 3 is 2.61 bits per heavy atom. The number of hydrogen-bond acceptors (Lipinski definition) is 5. The van der Waals surface area contributed by atoms with Gasteiger partial charge in [-0.05, 0) is 43.2 Å². The van der Waals surface area contributed by atoms with E-state index in [2.05, 4.69) is 10.3 Å². The first-order valence-electron chi connectivity index (χ1n) is 6.67. The van der Waals surface area contributed by atoms with Crippen molar-refractivity contribution in [2.45, 2.75) is 18.9 Å². The Kier molecular flexibility index (Phi) is 5.23. The van der Waals surface area contributed by atoms with E-state index in [0.717, 1.165) is 11.1 Å². The molecule has 0 aliphatic rings. The van der Waals surface area contributed by atoms with Crippen LogP contribution in [0.2, 0.25) is 0 Å². The number of pyridine rings is 1. The van der Waals surface area contributed by atoms with Crippen molar-refractivity contribution >= 4 is 31.3 Å². The summed E-state index contributed by atoms with van der Waals surface area (Å²) < 4.78 is 27.6. The van der Waals surface area contributed by atoms with Crippen molar-refractivity contribution in [3.8, 4) is 5.75 Å². The van der Waals surface area contributed by atoms with Crippen molar-refractivity contribution in [1.82, 2.24) is 4.98 Å². The SMILES string of the molecule is Cc1cccc(OCC(=O)Nc2ccc(S(=O)(=O)Cl)nc2)c1C. The van der Waals surface area contributed by atoms with Gasteiger partial charge < -0.3 is 10.1 Å². The Hall–Kier alpha value is -2.12. The summed E-state index contributed by atoms with van der Waals surface area (Å²) in [6.45, 7) is 3.71. The van der Waals surface area contributed by atoms with Crippen LogP contribution < -0.4 is 10.1 Å². The molecule has 23 heavy (non-hydrogen) atoms. The molecule has 1 amide bonds. The highest BCUT2D eigenvalue weighted by molar-refractivity contribution is 8.13. The average Bonchev–Trinajstić information content (AvgIpc) is 2.48. The minimum Gasteiger partial charge on any atom is -0.483 e. The number of carbonyl (C=O) groups is 1. The van der Waals surface area contributed by atoms with Gasteiger partial charge in [-0.1, -0.05) is 12.1 Å². The van der Waals surface area contributed by atoms with E-state index in [9.17, 15) is 13.2 Å². The van der Waals surface area contributed by atoms with Crippen LogP contribution in [0.15, 0.2) is 41.6 Å². The van der Waals surface area contributed by atoms with Crippen LogP contribution in [-0.4, -0.2) is 25.9 Å². The zero-order valence-electron chi connectivity index (χ0n) is 12.5. The van der Waals surface area contributed by atoms with Crippen molar-refractivity contribution in [2.24, 2.45) is 0 Å². The van der Waals surface area contributed by atoms with Crippen LogP contribution in [0.25, 0.3) is 0 Å². The fourth-order valence-corrected chi connectivity index (χ4v) is 2.50. The summed E-state index contributed by atoms with van der Waals surface area (Å²) in [5, 5.41) is 2.29. The lowest BCUT2D eigenvalue weighted by molar-refractivity contribution is -0.118. The summed E-state index contributed by atoms with van der Waals surface area (Å²) in [6, 6.07) is 8.21. The number of halogens is 1. The summed E-state index contributed by atoms with van der Waals surface area (Å²) in [5.74, 6) is 0.260. The maximum absolute atomic E-state index is 11.9. The lowest BCUT2D eigenvalue weighted by atomic mass is 10.1. The minimum absolute atomic E-state index is 0.167. The smallest absolute Gasteiger partial charge is 0.278 e. The lowest BCUT2D eigenvalue weighted by Crippen LogP contribution is -2.20. The second kappa shape index (κ2) is 6.97. The number of benzene rings is 1. The number of aryl methyl sites for hydroxylation is 1. The quantitative estimate of drug-likeness (QED) is 0.834. The predicted molar refractivity (Wildman–Crippen MR) is 87.3 cm³/mol. The molecule has 0 aliphatic carbocycles. The Labute approximate surface area is 138 Å². The summed E-state index contributed by atoms with van der Waals surface area (Å²) in [4.78, 5) is 15.5. The molecule has 0 aliphatic heterocycles. The predicted octanol–water partition coefficient (Wildman–Crippen LogP) is 2.64. The van der Waals surface area contributed by atoms with Crippen LogP contribution in [0, 0.1) is 13.8 Å². The number of aromatic nitrogens is 1. The number of anilines is 1. The molecule has 0 bridgehead atoms. The van der Waals surface area contributed by atoms with Crippen LogP contribution in [-0.2, 0) is 13.8 Å². The minimum atomic E-state index is -3.88. The molecule has 8 heteroatoms. The second-order valence-corrected chi connectivity index (χ2v) is 7.37. The Bertz CT molecular complexity index is 820. The molecule has 6 nitrogen and oxygen atoms in total. The van der Waals surface area contributed by atoms with Gasteiger partial charge in [0, 0.05) is 10.7 Å². The second-order valence-electron chi connectivity index (χ2n) is 4.86. The van der Waals surface area contributed by atoms with E-state index in [-0.39, 0.29) is 17.5 Å². The van der Waals surface area contributed by atoms with Gasteiger partial charge in [0.2, 0.25) is 0 Å². The molecular formula is C15H15ClN2O4S. The van der Waals surface area contributed by atoms with Gasteiger partial charge >= 0.3 is 0 Å². The van der Waals surface area contributed by atoms with Gasteiger partial charge in [0.15, 0.2) is 11.6 Å². The topological polar surface area (TPSA) is 85.4 Å². The number of rotatable bonds is 5. The third-order valence-corrected chi connectivity index (χ3v) is 4.40. The largest absolute Gasteiger partial charge is 0.483 e. The van der Waals surface area contributed by atoms with Crippen molar-refractivity contribution in [1.29, 1.82) is 0 Å². The summed E-state index contributed by atoms with van der Waals surface area (Å²) in [5.41, 5.74) is 2.40. The molecule has 0 radical (unpaired) electrons. The highest BCUT2D eigenvalue weighted by Gasteiger charge is 2.12. The molecular weight excluding hydrogens is 340 g/mol. The van der Waals surface area contributed by atoms with E-state index < -0.39 is 9.05 Å². The van der Waals surface area contributed by atoms with Crippen molar-refractivity contribution in [2.75, 3.05) is 11.9 Å². The number of hydrogen-bond donors (Lipinski definition) is 1. The maximum atomic E-state index is 11.9. The number of carbonyl (C=O) groups excluding carboxylic acids is 1. The van der Waals surface area contributed by atoms with E-state index in [0.29, 0.717) is 11.4 Å². The van der Waals surface area contributed by atoms with Gasteiger partial charge in [-0.25, -0.2) is 13.4 Å². The highest BCUT2D eigenvalue weighted by Crippen LogP contribution is 2.20. The number of nitrogens with one attached hydrogen (secondary N) is 1. The number of amides is 1. The molecule has 1 aromatic heterocycles. The molecule has 0 unspecified atom stereocenters. The standard InChI is InChI=1S/C15H15ClN2O4S/c1-10-4-3-5-13(11(10)2)22-9-14(19)18-12-6-7-15(17-8-12)23(16,20)21/h3-8H,9H2,1-2H3,(H,18,19). The number of nitrogens with zero attached hydrogens (tertiary/aromatic N) is 1. The van der Waals surface area contributed by atoms with E-state index in [4.69, 9.17) is 15.4 Å². The summed E-state index contributed by atoms with van der Waals surface area (Å²) in [6.07, 6.45) is 1.21. The molecule has 2 rings (SSSR count). The van der Waals surface area contributed by atoms with E-state index in [1.807, 2.05) is 26.0 Å². The average molecular weight is 355 g/mol. The third-order valence-electron chi connectivity index (χ3n) is 3.18. The van der Waals surface area contributed by atoms with Crippen molar-refractivity contribution in [3.63, 3.8) is 0 Å². The van der Waals surface area contributed by atoms with Gasteiger partial charge in [0.1, 0.15) is 5.75 Å². The first-order valence-corrected chi connectivity index (χ1v) is 8.98. The van der Waals surface area contributed by atoms with Crippen LogP contribution >= 0.6 is 10.7 Å².